The number of nitrogens with zero attached hydrogens (tertiary/aromatic N) is 1. The van der Waals surface area contributed by atoms with E-state index in [0.29, 0.717) is 11.1 Å². The van der Waals surface area contributed by atoms with Gasteiger partial charge in [-0.2, -0.15) is 8.78 Å². The molecule has 0 fully saturated rings. The molecule has 0 saturated carbocycles. The van der Waals surface area contributed by atoms with Crippen LogP contribution in [0.2, 0.25) is 5.02 Å². The van der Waals surface area contributed by atoms with E-state index in [1.54, 1.807) is 18.2 Å². The van der Waals surface area contributed by atoms with Gasteiger partial charge in [0.25, 0.3) is 0 Å². The number of alkyl halides is 2. The number of hydrogen-bond donors (Lipinski definition) is 1. The number of carbonyl (C=O) groups is 1. The Kier molecular flexibility index (Phi) is 5.53. The van der Waals surface area contributed by atoms with Gasteiger partial charge in [0.2, 0.25) is 11.8 Å². The Bertz CT molecular complexity index is 958. The highest BCUT2D eigenvalue weighted by atomic mass is 79.9. The molecule has 1 amide bonds. The van der Waals surface area contributed by atoms with Crippen LogP contribution in [-0.2, 0) is 4.79 Å². The second kappa shape index (κ2) is 7.84. The first-order valence-electron chi connectivity index (χ1n) is 7.21. The number of hydrogen-bond acceptors (Lipinski definition) is 4. The molecule has 0 saturated heterocycles. The van der Waals surface area contributed by atoms with E-state index in [1.807, 2.05) is 6.07 Å². The fourth-order valence-corrected chi connectivity index (χ4v) is 3.05. The Balaban J connectivity index is 1.79. The molecule has 3 aromatic rings. The average molecular weight is 444 g/mol. The zero-order chi connectivity index (χ0) is 18.7. The number of halogens is 4. The fourth-order valence-electron chi connectivity index (χ4n) is 2.14. The quantitative estimate of drug-likeness (QED) is 0.529. The van der Waals surface area contributed by atoms with Crippen LogP contribution < -0.4 is 10.1 Å². The lowest BCUT2D eigenvalue weighted by Crippen LogP contribution is -2.11. The zero-order valence-corrected chi connectivity index (χ0v) is 15.2. The van der Waals surface area contributed by atoms with Crippen LogP contribution in [0.3, 0.4) is 0 Å². The Morgan fingerprint density at radius 3 is 2.85 bits per heavy atom. The number of para-hydroxylation sites is 2. The maximum absolute atomic E-state index is 12.6. The van der Waals surface area contributed by atoms with Crippen LogP contribution >= 0.6 is 27.5 Å². The number of aromatic nitrogens is 1. The van der Waals surface area contributed by atoms with Crippen LogP contribution in [0.15, 0.2) is 51.4 Å². The maximum Gasteiger partial charge on any atom is 0.387 e. The van der Waals surface area contributed by atoms with Crippen LogP contribution in [0.25, 0.3) is 17.2 Å². The van der Waals surface area contributed by atoms with Gasteiger partial charge in [0, 0.05) is 17.2 Å². The third-order valence-electron chi connectivity index (χ3n) is 3.16. The van der Waals surface area contributed by atoms with E-state index < -0.39 is 12.5 Å². The average Bonchev–Trinajstić information content (AvgIpc) is 2.99. The van der Waals surface area contributed by atoms with Gasteiger partial charge in [0.1, 0.15) is 5.52 Å². The molecule has 0 aliphatic carbocycles. The van der Waals surface area contributed by atoms with E-state index in [9.17, 15) is 13.6 Å². The third kappa shape index (κ3) is 4.39. The first-order chi connectivity index (χ1) is 12.4. The Morgan fingerprint density at radius 1 is 1.35 bits per heavy atom. The Morgan fingerprint density at radius 2 is 2.12 bits per heavy atom. The highest BCUT2D eigenvalue weighted by molar-refractivity contribution is 9.10. The molecule has 1 N–H and O–H groups in total. The second-order valence-electron chi connectivity index (χ2n) is 4.99. The molecule has 134 valence electrons. The summed E-state index contributed by atoms with van der Waals surface area (Å²) >= 11 is 8.97. The SMILES string of the molecule is O=C(C=Cc1nc2ccccc2o1)Nc1cc(Cl)cc(Br)c1OC(F)F. The summed E-state index contributed by atoms with van der Waals surface area (Å²) in [5, 5.41) is 2.67. The van der Waals surface area contributed by atoms with Crippen molar-refractivity contribution in [1.29, 1.82) is 0 Å². The van der Waals surface area contributed by atoms with Crippen molar-refractivity contribution in [3.8, 4) is 5.75 Å². The summed E-state index contributed by atoms with van der Waals surface area (Å²) in [6, 6.07) is 9.81. The van der Waals surface area contributed by atoms with E-state index in [-0.39, 0.29) is 26.8 Å². The highest BCUT2D eigenvalue weighted by Gasteiger charge is 2.16. The van der Waals surface area contributed by atoms with E-state index in [0.717, 1.165) is 6.08 Å². The van der Waals surface area contributed by atoms with Crippen molar-refractivity contribution in [3.05, 3.63) is 57.9 Å². The minimum Gasteiger partial charge on any atom is -0.437 e. The van der Waals surface area contributed by atoms with Gasteiger partial charge < -0.3 is 14.5 Å². The number of carbonyl (C=O) groups excluding carboxylic acids is 1. The molecule has 5 nitrogen and oxygen atoms in total. The zero-order valence-electron chi connectivity index (χ0n) is 12.9. The number of nitrogens with one attached hydrogen (secondary N) is 1. The first-order valence-corrected chi connectivity index (χ1v) is 8.38. The van der Waals surface area contributed by atoms with Crippen molar-refractivity contribution in [3.63, 3.8) is 0 Å². The van der Waals surface area contributed by atoms with Gasteiger partial charge in [-0.15, -0.1) is 0 Å². The first kappa shape index (κ1) is 18.3. The van der Waals surface area contributed by atoms with Crippen molar-refractivity contribution in [2.75, 3.05) is 5.32 Å². The third-order valence-corrected chi connectivity index (χ3v) is 3.97. The number of anilines is 1. The molecule has 26 heavy (non-hydrogen) atoms. The molecule has 0 radical (unpaired) electrons. The minimum absolute atomic E-state index is 0.00288. The van der Waals surface area contributed by atoms with Crippen LogP contribution in [-0.4, -0.2) is 17.5 Å². The van der Waals surface area contributed by atoms with Crippen LogP contribution in [0.1, 0.15) is 5.89 Å². The number of rotatable bonds is 5. The summed E-state index contributed by atoms with van der Waals surface area (Å²) in [7, 11) is 0. The van der Waals surface area contributed by atoms with E-state index in [1.165, 1.54) is 18.2 Å². The second-order valence-corrected chi connectivity index (χ2v) is 6.28. The van der Waals surface area contributed by atoms with E-state index >= 15 is 0 Å². The Labute approximate surface area is 159 Å². The van der Waals surface area contributed by atoms with Crippen LogP contribution in [0.5, 0.6) is 5.75 Å². The van der Waals surface area contributed by atoms with Gasteiger partial charge in [-0.3, -0.25) is 4.79 Å². The van der Waals surface area contributed by atoms with Crippen LogP contribution in [0, 0.1) is 0 Å². The van der Waals surface area contributed by atoms with Gasteiger partial charge in [-0.25, -0.2) is 4.98 Å². The van der Waals surface area contributed by atoms with Crippen molar-refractivity contribution < 1.29 is 22.7 Å². The molecule has 0 unspecified atom stereocenters. The molecular weight excluding hydrogens is 434 g/mol. The molecule has 0 spiro atoms. The van der Waals surface area contributed by atoms with Gasteiger partial charge in [-0.1, -0.05) is 23.7 Å². The molecule has 0 aliphatic rings. The number of fused-ring (bicyclic) bond motifs is 1. The number of ether oxygens (including phenoxy) is 1. The lowest BCUT2D eigenvalue weighted by molar-refractivity contribution is -0.111. The largest absolute Gasteiger partial charge is 0.437 e. The molecule has 1 aromatic heterocycles. The van der Waals surface area contributed by atoms with Crippen LogP contribution in [0.4, 0.5) is 14.5 Å². The summed E-state index contributed by atoms with van der Waals surface area (Å²) in [5.74, 6) is -0.591. The molecule has 0 aliphatic heterocycles. The number of oxazole rings is 1. The normalized spacial score (nSPS) is 11.4. The number of amides is 1. The maximum atomic E-state index is 12.6. The predicted molar refractivity (Wildman–Crippen MR) is 97.5 cm³/mol. The van der Waals surface area contributed by atoms with Gasteiger partial charge in [0.05, 0.1) is 10.2 Å². The summed E-state index contributed by atoms with van der Waals surface area (Å²) in [4.78, 5) is 16.3. The molecule has 1 heterocycles. The van der Waals surface area contributed by atoms with E-state index in [4.69, 9.17) is 16.0 Å². The minimum atomic E-state index is -3.06. The summed E-state index contributed by atoms with van der Waals surface area (Å²) in [6.45, 7) is -3.06. The van der Waals surface area contributed by atoms with Gasteiger partial charge in [-0.05, 0) is 40.2 Å². The summed E-state index contributed by atoms with van der Waals surface area (Å²) in [5.41, 5.74) is 1.23. The fraction of sp³-hybridized carbons (Fsp3) is 0.0588. The van der Waals surface area contributed by atoms with Crippen molar-refractivity contribution in [2.45, 2.75) is 6.61 Å². The topological polar surface area (TPSA) is 64.4 Å². The molecule has 0 atom stereocenters. The lowest BCUT2D eigenvalue weighted by atomic mass is 10.3. The molecule has 3 rings (SSSR count). The molecule has 2 aromatic carbocycles. The Hall–Kier alpha value is -2.45. The summed E-state index contributed by atoms with van der Waals surface area (Å²) in [6.07, 6.45) is 2.52. The predicted octanol–water partition coefficient (Wildman–Crippen LogP) is 5.50. The highest BCUT2D eigenvalue weighted by Crippen LogP contribution is 2.37. The molecule has 0 bridgehead atoms. The van der Waals surface area contributed by atoms with Crippen molar-refractivity contribution >= 4 is 56.3 Å². The van der Waals surface area contributed by atoms with Crippen molar-refractivity contribution in [1.82, 2.24) is 4.98 Å². The van der Waals surface area contributed by atoms with Gasteiger partial charge in [0.15, 0.2) is 11.3 Å². The van der Waals surface area contributed by atoms with E-state index in [2.05, 4.69) is 31.0 Å². The molecule has 9 heteroatoms. The number of benzene rings is 2. The van der Waals surface area contributed by atoms with Gasteiger partial charge >= 0.3 is 6.61 Å². The van der Waals surface area contributed by atoms with Crippen molar-refractivity contribution in [2.24, 2.45) is 0 Å². The summed E-state index contributed by atoms with van der Waals surface area (Å²) < 4.78 is 35.2. The monoisotopic (exact) mass is 442 g/mol. The lowest BCUT2D eigenvalue weighted by Gasteiger charge is -2.13. The molecular formula is C17H10BrClF2N2O3. The standard InChI is InChI=1S/C17H10BrClF2N2O3/c18-10-7-9(19)8-12(16(10)26-17(20)21)22-14(24)5-6-15-23-11-3-1-2-4-13(11)25-15/h1-8,17H,(H,22,24). The smallest absolute Gasteiger partial charge is 0.387 e.